The van der Waals surface area contributed by atoms with E-state index in [0.717, 1.165) is 12.8 Å². The van der Waals surface area contributed by atoms with Crippen LogP contribution in [0.4, 0.5) is 9.18 Å². The van der Waals surface area contributed by atoms with Crippen molar-refractivity contribution in [2.24, 2.45) is 11.3 Å². The number of hydrogen-bond acceptors (Lipinski definition) is 9. The minimum atomic E-state index is -3.96. The Balaban J connectivity index is 1.35. The number of sulfonamides is 1. The van der Waals surface area contributed by atoms with E-state index >= 15 is 0 Å². The first-order valence-electron chi connectivity index (χ1n) is 18.9. The molecule has 13 nitrogen and oxygen atoms in total. The smallest absolute Gasteiger partial charge is 0.317 e. The van der Waals surface area contributed by atoms with E-state index in [-0.39, 0.29) is 37.3 Å². The fraction of sp³-hybridized carbons (Fsp3) is 0.615. The highest BCUT2D eigenvalue weighted by molar-refractivity contribution is 7.91. The highest BCUT2D eigenvalue weighted by Gasteiger charge is 2.62. The van der Waals surface area contributed by atoms with E-state index < -0.39 is 67.8 Å². The Morgan fingerprint density at radius 1 is 1.13 bits per heavy atom. The maximum Gasteiger partial charge on any atom is 0.317 e. The van der Waals surface area contributed by atoms with E-state index in [1.165, 1.54) is 15.9 Å². The van der Waals surface area contributed by atoms with Crippen LogP contribution in [0.5, 0.6) is 11.6 Å². The molecular formula is C39H52FN5O8S. The van der Waals surface area contributed by atoms with Gasteiger partial charge in [0, 0.05) is 44.0 Å². The number of Topliss-reactive ketones (excluding diaryl/α,β-unsaturated/α-hetero) is 1. The molecule has 0 bridgehead atoms. The number of carbonyl (C=O) groups excluding carboxylic acids is 4. The monoisotopic (exact) mass is 769 g/mol. The molecule has 2 saturated carbocycles. The maximum atomic E-state index is 14.7. The maximum absolute atomic E-state index is 14.7. The van der Waals surface area contributed by atoms with Crippen molar-refractivity contribution in [3.63, 3.8) is 0 Å². The van der Waals surface area contributed by atoms with Crippen molar-refractivity contribution in [1.82, 2.24) is 24.8 Å². The quantitative estimate of drug-likeness (QED) is 0.354. The topological polar surface area (TPSA) is 164 Å². The number of aryl methyl sites for hydroxylation is 1. The van der Waals surface area contributed by atoms with Crippen LogP contribution < -0.4 is 19.5 Å². The summed E-state index contributed by atoms with van der Waals surface area (Å²) in [4.78, 5) is 63.1. The number of nitrogens with one attached hydrogen (secondary N) is 2. The fourth-order valence-electron chi connectivity index (χ4n) is 7.50. The first-order valence-corrected chi connectivity index (χ1v) is 20.4. The highest BCUT2D eigenvalue weighted by atomic mass is 32.2. The summed E-state index contributed by atoms with van der Waals surface area (Å²) in [6, 6.07) is 2.10. The van der Waals surface area contributed by atoms with Crippen molar-refractivity contribution in [3.8, 4) is 11.6 Å². The zero-order valence-corrected chi connectivity index (χ0v) is 32.8. The Kier molecular flexibility index (Phi) is 11.0. The average Bonchev–Trinajstić information content (AvgIpc) is 3.98. The fourth-order valence-corrected chi connectivity index (χ4v) is 8.83. The summed E-state index contributed by atoms with van der Waals surface area (Å²) in [5.41, 5.74) is -0.625. The molecule has 2 aliphatic carbocycles. The number of carbonyl (C=O) groups is 4. The van der Waals surface area contributed by atoms with Gasteiger partial charge >= 0.3 is 6.03 Å². The van der Waals surface area contributed by atoms with Crippen LogP contribution in [0.15, 0.2) is 30.4 Å². The Morgan fingerprint density at radius 2 is 1.87 bits per heavy atom. The normalized spacial score (nSPS) is 27.6. The number of aromatic nitrogens is 1. The third kappa shape index (κ3) is 8.06. The van der Waals surface area contributed by atoms with Gasteiger partial charge in [-0.3, -0.25) is 19.1 Å². The van der Waals surface area contributed by atoms with Gasteiger partial charge in [-0.15, -0.1) is 0 Å². The molecule has 1 aromatic carbocycles. The Labute approximate surface area is 316 Å². The second-order valence-electron chi connectivity index (χ2n) is 16.1. The molecule has 6 rings (SSSR count). The van der Waals surface area contributed by atoms with E-state index in [1.807, 2.05) is 26.0 Å². The number of fused-ring (bicyclic) bond motifs is 3. The van der Waals surface area contributed by atoms with Crippen LogP contribution in [0.2, 0.25) is 0 Å². The molecule has 15 heteroatoms. The summed E-state index contributed by atoms with van der Waals surface area (Å²) in [5, 5.41) is 3.37. The predicted octanol–water partition coefficient (Wildman–Crippen LogP) is 4.94. The van der Waals surface area contributed by atoms with Crippen LogP contribution in [0.3, 0.4) is 0 Å². The Hall–Kier alpha value is -4.27. The van der Waals surface area contributed by atoms with Crippen molar-refractivity contribution >= 4 is 44.6 Å². The molecule has 2 aromatic rings. The number of halogens is 1. The number of pyridine rings is 1. The van der Waals surface area contributed by atoms with E-state index in [1.54, 1.807) is 40.1 Å². The predicted molar refractivity (Wildman–Crippen MR) is 200 cm³/mol. The summed E-state index contributed by atoms with van der Waals surface area (Å²) < 4.78 is 54.8. The van der Waals surface area contributed by atoms with Gasteiger partial charge in [-0.1, -0.05) is 25.0 Å². The Morgan fingerprint density at radius 3 is 2.56 bits per heavy atom. The molecule has 4 aliphatic rings. The van der Waals surface area contributed by atoms with Crippen molar-refractivity contribution in [2.75, 3.05) is 20.6 Å². The molecule has 54 heavy (non-hydrogen) atoms. The summed E-state index contributed by atoms with van der Waals surface area (Å²) in [6.07, 6.45) is 7.23. The lowest BCUT2D eigenvalue weighted by molar-refractivity contribution is -0.140. The second-order valence-corrected chi connectivity index (χ2v) is 18.3. The summed E-state index contributed by atoms with van der Waals surface area (Å²) in [6.45, 7) is 6.88. The number of ketones is 1. The van der Waals surface area contributed by atoms with Gasteiger partial charge in [-0.25, -0.2) is 22.6 Å². The molecule has 4 amide bonds. The van der Waals surface area contributed by atoms with Crippen LogP contribution in [0.1, 0.15) is 90.5 Å². The molecule has 1 saturated heterocycles. The molecule has 1 aromatic heterocycles. The van der Waals surface area contributed by atoms with E-state index in [9.17, 15) is 32.0 Å². The SMILES string of the molecule is Cc1c(F)ccc2c(O[C@@H]3C[C@H]4C(=O)C[C@]5(C(=O)NS(=O)(=O)C6(C)CC6)C[C@H]5/C=C\CCCCC[C@H](NC(=O)N(C)C)C(=O)N4C3)cc(OC(C)C)nc12. The second kappa shape index (κ2) is 15.1. The third-order valence-corrected chi connectivity index (χ3v) is 13.5. The van der Waals surface area contributed by atoms with Crippen LogP contribution in [-0.2, 0) is 24.4 Å². The van der Waals surface area contributed by atoms with Gasteiger partial charge < -0.3 is 24.6 Å². The number of allylic oxidation sites excluding steroid dienone is 2. The minimum absolute atomic E-state index is 0.0107. The molecule has 0 radical (unpaired) electrons. The molecular weight excluding hydrogens is 718 g/mol. The van der Waals surface area contributed by atoms with Crippen LogP contribution in [0, 0.1) is 24.1 Å². The highest BCUT2D eigenvalue weighted by Crippen LogP contribution is 2.57. The van der Waals surface area contributed by atoms with Crippen LogP contribution in [0.25, 0.3) is 10.9 Å². The van der Waals surface area contributed by atoms with Gasteiger partial charge in [0.1, 0.15) is 23.7 Å². The number of nitrogens with zero attached hydrogens (tertiary/aromatic N) is 3. The summed E-state index contributed by atoms with van der Waals surface area (Å²) in [5.74, 6) is -1.77. The van der Waals surface area contributed by atoms with Gasteiger partial charge in [0.15, 0.2) is 5.78 Å². The van der Waals surface area contributed by atoms with Gasteiger partial charge in [0.25, 0.3) is 0 Å². The number of benzene rings is 1. The van der Waals surface area contributed by atoms with Crippen molar-refractivity contribution in [1.29, 1.82) is 0 Å². The minimum Gasteiger partial charge on any atom is -0.488 e. The number of rotatable bonds is 8. The van der Waals surface area contributed by atoms with Gasteiger partial charge in [-0.05, 0) is 84.3 Å². The molecule has 2 aliphatic heterocycles. The van der Waals surface area contributed by atoms with E-state index in [0.29, 0.717) is 60.7 Å². The molecule has 294 valence electrons. The van der Waals surface area contributed by atoms with Gasteiger partial charge in [0.05, 0.1) is 34.4 Å². The largest absolute Gasteiger partial charge is 0.488 e. The summed E-state index contributed by atoms with van der Waals surface area (Å²) in [7, 11) is -0.806. The van der Waals surface area contributed by atoms with Crippen molar-refractivity contribution < 1.29 is 41.5 Å². The zero-order valence-electron chi connectivity index (χ0n) is 31.9. The van der Waals surface area contributed by atoms with E-state index in [4.69, 9.17) is 9.47 Å². The van der Waals surface area contributed by atoms with E-state index in [2.05, 4.69) is 15.0 Å². The van der Waals surface area contributed by atoms with Gasteiger partial charge in [0.2, 0.25) is 27.7 Å². The molecule has 2 N–H and O–H groups in total. The Bertz CT molecular complexity index is 1960. The number of amides is 4. The van der Waals surface area contributed by atoms with Gasteiger partial charge in [-0.2, -0.15) is 0 Å². The van der Waals surface area contributed by atoms with Crippen molar-refractivity contribution in [2.45, 2.75) is 121 Å². The number of hydrogen-bond donors (Lipinski definition) is 2. The lowest BCUT2D eigenvalue weighted by Gasteiger charge is -2.30. The standard InChI is InChI=1S/C39H52FN5O8S/c1-23(2)52-33-19-32(27-14-15-28(40)24(3)34(27)42-33)53-26-18-30-31(46)21-39(36(48)43-54(50,51)38(4)16-17-38)20-25(39)12-10-8-7-9-11-13-29(35(47)45(30)22-26)41-37(49)44(5)6/h10,12,14-15,19,23,25-26,29-30H,7-9,11,13,16-18,20-22H2,1-6H3,(H,41,49)(H,43,48)/b12-10-/t25-,26-,29+,30+,39-/m1/s1. The summed E-state index contributed by atoms with van der Waals surface area (Å²) >= 11 is 0. The number of ether oxygens (including phenoxy) is 2. The average molecular weight is 770 g/mol. The lowest BCUT2D eigenvalue weighted by Crippen LogP contribution is -2.54. The molecule has 5 atom stereocenters. The van der Waals surface area contributed by atoms with Crippen LogP contribution >= 0.6 is 0 Å². The zero-order chi connectivity index (χ0) is 39.2. The number of urea groups is 1. The molecule has 0 unspecified atom stereocenters. The molecule has 0 spiro atoms. The molecule has 3 fully saturated rings. The van der Waals surface area contributed by atoms with Crippen molar-refractivity contribution in [3.05, 3.63) is 41.7 Å². The lowest BCUT2D eigenvalue weighted by atomic mass is 9.91. The third-order valence-electron chi connectivity index (χ3n) is 11.3. The first-order chi connectivity index (χ1) is 25.4. The first kappa shape index (κ1) is 39.4. The van der Waals surface area contributed by atoms with Crippen LogP contribution in [-0.4, -0.2) is 96.5 Å². The molecule has 3 heterocycles.